The van der Waals surface area contributed by atoms with E-state index >= 15 is 0 Å². The largest absolute Gasteiger partial charge is 0.481 e. The Morgan fingerprint density at radius 3 is 2.35 bits per heavy atom. The second kappa shape index (κ2) is 6.14. The van der Waals surface area contributed by atoms with Crippen LogP contribution in [-0.4, -0.2) is 30.0 Å². The smallest absolute Gasteiger partial charge is 0.320 e. The molecule has 20 heavy (non-hydrogen) atoms. The lowest BCUT2D eigenvalue weighted by molar-refractivity contribution is 0.103. The van der Waals surface area contributed by atoms with Crippen molar-refractivity contribution in [1.82, 2.24) is 9.97 Å². The van der Waals surface area contributed by atoms with Gasteiger partial charge < -0.3 is 9.47 Å². The van der Waals surface area contributed by atoms with Crippen LogP contribution >= 0.6 is 0 Å². The molecule has 0 spiro atoms. The maximum atomic E-state index is 12.6. The summed E-state index contributed by atoms with van der Waals surface area (Å²) in [5.74, 6) is 0.208. The van der Waals surface area contributed by atoms with Gasteiger partial charge in [-0.15, -0.1) is 0 Å². The Balaban J connectivity index is 2.57. The van der Waals surface area contributed by atoms with Crippen LogP contribution < -0.4 is 9.47 Å². The number of rotatable bonds is 5. The maximum Gasteiger partial charge on any atom is 0.320 e. The fraction of sp³-hybridized carbons (Fsp3) is 0.267. The molecule has 0 aliphatic rings. The molecule has 0 N–H and O–H groups in total. The number of hydrogen-bond acceptors (Lipinski definition) is 5. The van der Waals surface area contributed by atoms with Gasteiger partial charge in [-0.1, -0.05) is 37.3 Å². The van der Waals surface area contributed by atoms with Crippen molar-refractivity contribution >= 4 is 5.78 Å². The van der Waals surface area contributed by atoms with Crippen molar-refractivity contribution in [3.05, 3.63) is 47.2 Å². The van der Waals surface area contributed by atoms with Gasteiger partial charge in [0.25, 0.3) is 0 Å². The molecule has 0 atom stereocenters. The van der Waals surface area contributed by atoms with Crippen LogP contribution in [0.5, 0.6) is 11.9 Å². The maximum absolute atomic E-state index is 12.6. The predicted molar refractivity (Wildman–Crippen MR) is 74.4 cm³/mol. The Morgan fingerprint density at radius 2 is 1.80 bits per heavy atom. The first-order valence-corrected chi connectivity index (χ1v) is 6.29. The van der Waals surface area contributed by atoms with Crippen LogP contribution in [0.15, 0.2) is 30.3 Å². The molecule has 0 aliphatic heterocycles. The minimum atomic E-state index is -0.165. The van der Waals surface area contributed by atoms with Crippen molar-refractivity contribution < 1.29 is 14.3 Å². The molecule has 1 aromatic heterocycles. The molecule has 1 heterocycles. The van der Waals surface area contributed by atoms with Gasteiger partial charge in [-0.2, -0.15) is 9.97 Å². The Bertz CT molecular complexity index is 612. The van der Waals surface area contributed by atoms with Crippen LogP contribution in [0.4, 0.5) is 0 Å². The SMILES string of the molecule is CCc1c(OC)nc(OC)nc1C(=O)c1ccccc1. The Labute approximate surface area is 117 Å². The highest BCUT2D eigenvalue weighted by atomic mass is 16.5. The Kier molecular flexibility index (Phi) is 4.30. The monoisotopic (exact) mass is 272 g/mol. The van der Waals surface area contributed by atoms with E-state index in [1.807, 2.05) is 25.1 Å². The third-order valence-corrected chi connectivity index (χ3v) is 2.93. The van der Waals surface area contributed by atoms with E-state index in [0.29, 0.717) is 29.1 Å². The van der Waals surface area contributed by atoms with Gasteiger partial charge in [0.2, 0.25) is 11.7 Å². The van der Waals surface area contributed by atoms with Crippen LogP contribution in [-0.2, 0) is 6.42 Å². The molecule has 0 fully saturated rings. The fourth-order valence-electron chi connectivity index (χ4n) is 1.94. The van der Waals surface area contributed by atoms with Gasteiger partial charge >= 0.3 is 6.01 Å². The molecular weight excluding hydrogens is 256 g/mol. The summed E-state index contributed by atoms with van der Waals surface area (Å²) in [6.07, 6.45) is 0.598. The van der Waals surface area contributed by atoms with E-state index in [1.54, 1.807) is 12.1 Å². The molecule has 5 heteroatoms. The van der Waals surface area contributed by atoms with Crippen LogP contribution in [0.1, 0.15) is 28.5 Å². The standard InChI is InChI=1S/C15H16N2O3/c1-4-11-12(13(18)10-8-6-5-7-9-10)16-15(20-3)17-14(11)19-2/h5-9H,4H2,1-3H3. The highest BCUT2D eigenvalue weighted by molar-refractivity contribution is 6.08. The number of benzene rings is 1. The average molecular weight is 272 g/mol. The Hall–Kier alpha value is -2.43. The number of ether oxygens (including phenoxy) is 2. The number of ketones is 1. The minimum absolute atomic E-state index is 0.123. The van der Waals surface area contributed by atoms with Gasteiger partial charge in [-0.25, -0.2) is 0 Å². The Morgan fingerprint density at radius 1 is 1.10 bits per heavy atom. The van der Waals surface area contributed by atoms with Crippen LogP contribution in [0.2, 0.25) is 0 Å². The molecule has 2 rings (SSSR count). The van der Waals surface area contributed by atoms with Crippen molar-refractivity contribution in [3.63, 3.8) is 0 Å². The highest BCUT2D eigenvalue weighted by Crippen LogP contribution is 2.24. The van der Waals surface area contributed by atoms with Crippen LogP contribution in [0.3, 0.4) is 0 Å². The van der Waals surface area contributed by atoms with Crippen molar-refractivity contribution in [1.29, 1.82) is 0 Å². The number of hydrogen-bond donors (Lipinski definition) is 0. The average Bonchev–Trinajstić information content (AvgIpc) is 2.53. The van der Waals surface area contributed by atoms with E-state index in [1.165, 1.54) is 14.2 Å². The highest BCUT2D eigenvalue weighted by Gasteiger charge is 2.21. The first kappa shape index (κ1) is 14.0. The molecule has 0 saturated heterocycles. The van der Waals surface area contributed by atoms with Crippen molar-refractivity contribution in [2.45, 2.75) is 13.3 Å². The zero-order valence-electron chi connectivity index (χ0n) is 11.7. The van der Waals surface area contributed by atoms with Crippen molar-refractivity contribution in [3.8, 4) is 11.9 Å². The van der Waals surface area contributed by atoms with Gasteiger partial charge in [-0.05, 0) is 6.42 Å². The summed E-state index contributed by atoms with van der Waals surface area (Å²) in [4.78, 5) is 20.9. The third kappa shape index (κ3) is 2.61. The summed E-state index contributed by atoms with van der Waals surface area (Å²) in [6, 6.07) is 9.12. The van der Waals surface area contributed by atoms with E-state index < -0.39 is 0 Å². The molecule has 0 saturated carbocycles. The first-order valence-electron chi connectivity index (χ1n) is 6.29. The molecular formula is C15H16N2O3. The van der Waals surface area contributed by atoms with Gasteiger partial charge in [0, 0.05) is 11.1 Å². The number of carbonyl (C=O) groups is 1. The summed E-state index contributed by atoms with van der Waals surface area (Å²) in [5, 5.41) is 0. The fourth-order valence-corrected chi connectivity index (χ4v) is 1.94. The second-order valence-electron chi connectivity index (χ2n) is 4.10. The van der Waals surface area contributed by atoms with Gasteiger partial charge in [-0.3, -0.25) is 4.79 Å². The lowest BCUT2D eigenvalue weighted by atomic mass is 10.0. The number of methoxy groups -OCH3 is 2. The quantitative estimate of drug-likeness (QED) is 0.781. The molecule has 5 nitrogen and oxygen atoms in total. The summed E-state index contributed by atoms with van der Waals surface area (Å²) in [7, 11) is 2.97. The molecule has 0 aliphatic carbocycles. The topological polar surface area (TPSA) is 61.3 Å². The number of aromatic nitrogens is 2. The first-order chi connectivity index (χ1) is 9.71. The summed E-state index contributed by atoms with van der Waals surface area (Å²) in [6.45, 7) is 1.93. The zero-order valence-corrected chi connectivity index (χ0v) is 11.7. The van der Waals surface area contributed by atoms with E-state index in [4.69, 9.17) is 9.47 Å². The predicted octanol–water partition coefficient (Wildman–Crippen LogP) is 2.29. The normalized spacial score (nSPS) is 10.2. The third-order valence-electron chi connectivity index (χ3n) is 2.93. The lowest BCUT2D eigenvalue weighted by Crippen LogP contribution is -2.12. The van der Waals surface area contributed by atoms with Crippen LogP contribution in [0, 0.1) is 0 Å². The van der Waals surface area contributed by atoms with E-state index in [-0.39, 0.29) is 11.8 Å². The summed E-state index contributed by atoms with van der Waals surface area (Å²) < 4.78 is 10.3. The molecule has 0 amide bonds. The van der Waals surface area contributed by atoms with E-state index in [0.717, 1.165) is 0 Å². The lowest BCUT2D eigenvalue weighted by Gasteiger charge is -2.11. The molecule has 1 aromatic carbocycles. The van der Waals surface area contributed by atoms with Gasteiger partial charge in [0.15, 0.2) is 0 Å². The van der Waals surface area contributed by atoms with Gasteiger partial charge in [0.1, 0.15) is 5.69 Å². The van der Waals surface area contributed by atoms with Crippen molar-refractivity contribution in [2.24, 2.45) is 0 Å². The summed E-state index contributed by atoms with van der Waals surface area (Å²) in [5.41, 5.74) is 1.58. The molecule has 0 bridgehead atoms. The second-order valence-corrected chi connectivity index (χ2v) is 4.10. The van der Waals surface area contributed by atoms with Gasteiger partial charge in [0.05, 0.1) is 14.2 Å². The molecule has 2 aromatic rings. The molecule has 0 unspecified atom stereocenters. The van der Waals surface area contributed by atoms with Crippen LogP contribution in [0.25, 0.3) is 0 Å². The number of nitrogens with zero attached hydrogens (tertiary/aromatic N) is 2. The van der Waals surface area contributed by atoms with Crippen molar-refractivity contribution in [2.75, 3.05) is 14.2 Å². The van der Waals surface area contributed by atoms with E-state index in [9.17, 15) is 4.79 Å². The molecule has 0 radical (unpaired) electrons. The minimum Gasteiger partial charge on any atom is -0.481 e. The number of carbonyl (C=O) groups excluding carboxylic acids is 1. The molecule has 104 valence electrons. The van der Waals surface area contributed by atoms with E-state index in [2.05, 4.69) is 9.97 Å². The zero-order chi connectivity index (χ0) is 14.5. The summed E-state index contributed by atoms with van der Waals surface area (Å²) >= 11 is 0.